The van der Waals surface area contributed by atoms with Gasteiger partial charge in [0.1, 0.15) is 5.60 Å². The fourth-order valence-corrected chi connectivity index (χ4v) is 3.01. The second-order valence-corrected chi connectivity index (χ2v) is 7.34. The third-order valence-corrected chi connectivity index (χ3v) is 3.92. The normalized spacial score (nSPS) is 24.9. The Bertz CT molecular complexity index is 514. The molecule has 2 N–H and O–H groups in total. The largest absolute Gasteiger partial charge is 0.460 e. The Hall–Kier alpha value is -1.35. The van der Waals surface area contributed by atoms with Gasteiger partial charge in [0.05, 0.1) is 5.92 Å². The van der Waals surface area contributed by atoms with Crippen molar-refractivity contribution < 1.29 is 9.53 Å². The summed E-state index contributed by atoms with van der Waals surface area (Å²) in [6, 6.07) is 7.86. The van der Waals surface area contributed by atoms with Gasteiger partial charge in [0.15, 0.2) is 0 Å². The number of benzene rings is 1. The first kappa shape index (κ1) is 15.0. The van der Waals surface area contributed by atoms with E-state index in [1.165, 1.54) is 5.56 Å². The minimum atomic E-state index is -0.474. The zero-order valence-corrected chi connectivity index (χ0v) is 13.1. The summed E-state index contributed by atoms with van der Waals surface area (Å²) in [4.78, 5) is 12.4. The second kappa shape index (κ2) is 4.88. The Labute approximate surface area is 121 Å². The van der Waals surface area contributed by atoms with E-state index in [1.807, 2.05) is 39.0 Å². The van der Waals surface area contributed by atoms with Crippen LogP contribution in [0.3, 0.4) is 0 Å². The maximum absolute atomic E-state index is 12.4. The van der Waals surface area contributed by atoms with E-state index < -0.39 is 5.60 Å². The van der Waals surface area contributed by atoms with E-state index >= 15 is 0 Å². The van der Waals surface area contributed by atoms with Gasteiger partial charge in [0, 0.05) is 6.04 Å². The highest BCUT2D eigenvalue weighted by Crippen LogP contribution is 2.44. The quantitative estimate of drug-likeness (QED) is 0.800. The van der Waals surface area contributed by atoms with Crippen molar-refractivity contribution in [2.75, 3.05) is 0 Å². The van der Waals surface area contributed by atoms with Crippen molar-refractivity contribution in [3.63, 3.8) is 0 Å². The molecule has 0 amide bonds. The van der Waals surface area contributed by atoms with Gasteiger partial charge in [0.25, 0.3) is 0 Å². The molecule has 0 radical (unpaired) electrons. The summed E-state index contributed by atoms with van der Waals surface area (Å²) >= 11 is 0. The average Bonchev–Trinajstić information content (AvgIpc) is 2.32. The molecular formula is C17H25NO2. The van der Waals surface area contributed by atoms with Crippen molar-refractivity contribution >= 4 is 5.97 Å². The van der Waals surface area contributed by atoms with Crippen LogP contribution in [0.4, 0.5) is 0 Å². The number of hydrogen-bond acceptors (Lipinski definition) is 3. The van der Waals surface area contributed by atoms with E-state index in [0.717, 1.165) is 12.0 Å². The van der Waals surface area contributed by atoms with Crippen LogP contribution < -0.4 is 5.73 Å². The lowest BCUT2D eigenvalue weighted by Crippen LogP contribution is -2.42. The number of carbonyl (C=O) groups excluding carboxylic acids is 1. The van der Waals surface area contributed by atoms with Crippen LogP contribution in [0, 0.1) is 5.92 Å². The van der Waals surface area contributed by atoms with Crippen LogP contribution in [-0.4, -0.2) is 11.6 Å². The van der Waals surface area contributed by atoms with Crippen molar-refractivity contribution in [3.8, 4) is 0 Å². The van der Waals surface area contributed by atoms with E-state index in [4.69, 9.17) is 10.5 Å². The molecule has 1 aliphatic carbocycles. The Morgan fingerprint density at radius 1 is 1.30 bits per heavy atom. The Morgan fingerprint density at radius 2 is 1.90 bits per heavy atom. The van der Waals surface area contributed by atoms with Gasteiger partial charge in [-0.3, -0.25) is 4.79 Å². The van der Waals surface area contributed by atoms with Crippen LogP contribution in [-0.2, 0) is 14.9 Å². The first-order valence-corrected chi connectivity index (χ1v) is 7.20. The summed E-state index contributed by atoms with van der Waals surface area (Å²) in [5, 5.41) is 0. The predicted octanol–water partition coefficient (Wildman–Crippen LogP) is 3.33. The number of esters is 1. The minimum Gasteiger partial charge on any atom is -0.460 e. The maximum atomic E-state index is 12.4. The lowest BCUT2D eigenvalue weighted by molar-refractivity contribution is -0.162. The van der Waals surface area contributed by atoms with Crippen LogP contribution in [0.25, 0.3) is 0 Å². The van der Waals surface area contributed by atoms with E-state index in [2.05, 4.69) is 19.9 Å². The van der Waals surface area contributed by atoms with Gasteiger partial charge >= 0.3 is 5.97 Å². The van der Waals surface area contributed by atoms with Crippen LogP contribution in [0.1, 0.15) is 58.2 Å². The van der Waals surface area contributed by atoms with Gasteiger partial charge in [0.2, 0.25) is 0 Å². The molecule has 1 aliphatic rings. The fraction of sp³-hybridized carbons (Fsp3) is 0.588. The highest BCUT2D eigenvalue weighted by atomic mass is 16.6. The Kier molecular flexibility index (Phi) is 3.67. The number of carbonyl (C=O) groups is 1. The zero-order chi connectivity index (χ0) is 15.1. The third-order valence-electron chi connectivity index (χ3n) is 3.92. The summed E-state index contributed by atoms with van der Waals surface area (Å²) in [7, 11) is 0. The molecule has 0 fully saturated rings. The van der Waals surface area contributed by atoms with Gasteiger partial charge in [-0.05, 0) is 43.7 Å². The lowest BCUT2D eigenvalue weighted by atomic mass is 9.66. The van der Waals surface area contributed by atoms with Gasteiger partial charge in [-0.2, -0.15) is 0 Å². The van der Waals surface area contributed by atoms with Gasteiger partial charge in [-0.25, -0.2) is 0 Å². The van der Waals surface area contributed by atoms with Crippen LogP contribution in [0.5, 0.6) is 0 Å². The van der Waals surface area contributed by atoms with E-state index in [0.29, 0.717) is 0 Å². The monoisotopic (exact) mass is 275 g/mol. The average molecular weight is 275 g/mol. The Morgan fingerprint density at radius 3 is 2.50 bits per heavy atom. The highest BCUT2D eigenvalue weighted by Gasteiger charge is 2.42. The molecule has 0 saturated heterocycles. The molecule has 2 rings (SSSR count). The molecule has 2 atom stereocenters. The van der Waals surface area contributed by atoms with E-state index in [1.54, 1.807) is 0 Å². The molecule has 1 aromatic carbocycles. The second-order valence-electron chi connectivity index (χ2n) is 7.34. The predicted molar refractivity (Wildman–Crippen MR) is 80.3 cm³/mol. The maximum Gasteiger partial charge on any atom is 0.311 e. The summed E-state index contributed by atoms with van der Waals surface area (Å²) in [6.45, 7) is 9.99. The Balaban J connectivity index is 2.34. The molecule has 0 spiro atoms. The van der Waals surface area contributed by atoms with Crippen molar-refractivity contribution in [2.24, 2.45) is 11.7 Å². The van der Waals surface area contributed by atoms with Crippen molar-refractivity contribution in [1.82, 2.24) is 0 Å². The molecule has 3 nitrogen and oxygen atoms in total. The number of hydrogen-bond donors (Lipinski definition) is 1. The van der Waals surface area contributed by atoms with Crippen LogP contribution >= 0.6 is 0 Å². The van der Waals surface area contributed by atoms with Crippen LogP contribution in [0.2, 0.25) is 0 Å². The zero-order valence-electron chi connectivity index (χ0n) is 13.1. The topological polar surface area (TPSA) is 52.3 Å². The molecule has 0 aromatic heterocycles. The molecule has 3 heteroatoms. The number of rotatable bonds is 1. The first-order valence-electron chi connectivity index (χ1n) is 7.20. The van der Waals surface area contributed by atoms with Crippen molar-refractivity contribution in [1.29, 1.82) is 0 Å². The first-order chi connectivity index (χ1) is 9.12. The van der Waals surface area contributed by atoms with Crippen LogP contribution in [0.15, 0.2) is 24.3 Å². The van der Waals surface area contributed by atoms with E-state index in [9.17, 15) is 4.79 Å². The molecule has 0 bridgehead atoms. The van der Waals surface area contributed by atoms with Gasteiger partial charge in [-0.1, -0.05) is 38.1 Å². The van der Waals surface area contributed by atoms with E-state index in [-0.39, 0.29) is 23.3 Å². The fourth-order valence-electron chi connectivity index (χ4n) is 3.01. The third kappa shape index (κ3) is 2.88. The van der Waals surface area contributed by atoms with Gasteiger partial charge < -0.3 is 10.5 Å². The summed E-state index contributed by atoms with van der Waals surface area (Å²) in [5.74, 6) is -0.466. The number of ether oxygens (including phenoxy) is 1. The summed E-state index contributed by atoms with van der Waals surface area (Å²) in [5.41, 5.74) is 8.11. The lowest BCUT2D eigenvalue weighted by Gasteiger charge is -2.40. The molecule has 0 unspecified atom stereocenters. The molecule has 0 saturated carbocycles. The van der Waals surface area contributed by atoms with Crippen molar-refractivity contribution in [2.45, 2.75) is 58.1 Å². The number of fused-ring (bicyclic) bond motifs is 1. The standard InChI is InChI=1S/C17H25NO2/c1-16(2,3)20-15(19)12-10-17(4,5)13-9-7-6-8-11(13)14(12)18/h6-9,12,14H,10,18H2,1-5H3/t12-,14+/m0/s1. The number of nitrogens with two attached hydrogens (primary N) is 1. The van der Waals surface area contributed by atoms with Crippen molar-refractivity contribution in [3.05, 3.63) is 35.4 Å². The smallest absolute Gasteiger partial charge is 0.311 e. The van der Waals surface area contributed by atoms with Gasteiger partial charge in [-0.15, -0.1) is 0 Å². The molecule has 1 aromatic rings. The molecular weight excluding hydrogens is 250 g/mol. The molecule has 110 valence electrons. The minimum absolute atomic E-state index is 0.0615. The molecule has 20 heavy (non-hydrogen) atoms. The molecule has 0 aliphatic heterocycles. The SMILES string of the molecule is CC(C)(C)OC(=O)[C@H]1CC(C)(C)c2ccccc2[C@H]1N. The summed E-state index contributed by atoms with van der Waals surface area (Å²) < 4.78 is 5.54. The summed E-state index contributed by atoms with van der Waals surface area (Å²) in [6.07, 6.45) is 0.722. The highest BCUT2D eigenvalue weighted by molar-refractivity contribution is 5.75. The molecule has 0 heterocycles.